The van der Waals surface area contributed by atoms with Gasteiger partial charge < -0.3 is 14.2 Å². The molecule has 0 N–H and O–H groups in total. The van der Waals surface area contributed by atoms with Crippen LogP contribution in [0.5, 0.6) is 0 Å². The summed E-state index contributed by atoms with van der Waals surface area (Å²) in [6.07, 6.45) is 56.0. The van der Waals surface area contributed by atoms with Gasteiger partial charge in [-0.2, -0.15) is 0 Å². The zero-order valence-corrected chi connectivity index (χ0v) is 37.1. The zero-order chi connectivity index (χ0) is 41.5. The number of unbranched alkanes of at least 4 members (excludes halogenated alkanes) is 19. The summed E-state index contributed by atoms with van der Waals surface area (Å²) >= 11 is 0. The zero-order valence-electron chi connectivity index (χ0n) is 37.1. The predicted octanol–water partition coefficient (Wildman–Crippen LogP) is 15.1. The third-order valence-electron chi connectivity index (χ3n) is 9.72. The monoisotopic (exact) mass is 795 g/mol. The first kappa shape index (κ1) is 53.9. The van der Waals surface area contributed by atoms with Gasteiger partial charge in [-0.15, -0.1) is 0 Å². The van der Waals surface area contributed by atoms with Crippen LogP contribution < -0.4 is 0 Å². The van der Waals surface area contributed by atoms with Crippen molar-refractivity contribution in [3.05, 3.63) is 72.9 Å². The molecule has 1 atom stereocenters. The van der Waals surface area contributed by atoms with Crippen molar-refractivity contribution in [2.45, 2.75) is 219 Å². The fourth-order valence-corrected chi connectivity index (χ4v) is 6.17. The van der Waals surface area contributed by atoms with Crippen molar-refractivity contribution in [2.75, 3.05) is 13.2 Å². The van der Waals surface area contributed by atoms with E-state index in [9.17, 15) is 14.4 Å². The highest BCUT2D eigenvalue weighted by Gasteiger charge is 2.19. The highest BCUT2D eigenvalue weighted by atomic mass is 16.6. The maximum Gasteiger partial charge on any atom is 0.306 e. The number of ether oxygens (including phenoxy) is 3. The van der Waals surface area contributed by atoms with E-state index >= 15 is 0 Å². The first-order chi connectivity index (χ1) is 28.0. The average molecular weight is 795 g/mol. The summed E-state index contributed by atoms with van der Waals surface area (Å²) < 4.78 is 16.7. The number of hydrogen-bond donors (Lipinski definition) is 0. The van der Waals surface area contributed by atoms with Crippen LogP contribution in [0.1, 0.15) is 213 Å². The van der Waals surface area contributed by atoms with E-state index in [2.05, 4.69) is 93.7 Å². The summed E-state index contributed by atoms with van der Waals surface area (Å²) in [6, 6.07) is 0. The summed E-state index contributed by atoms with van der Waals surface area (Å²) in [6.45, 7) is 6.40. The minimum Gasteiger partial charge on any atom is -0.462 e. The molecule has 0 aliphatic carbocycles. The summed E-state index contributed by atoms with van der Waals surface area (Å²) in [7, 11) is 0. The van der Waals surface area contributed by atoms with Gasteiger partial charge in [0.05, 0.1) is 0 Å². The second-order valence-electron chi connectivity index (χ2n) is 15.3. The van der Waals surface area contributed by atoms with Crippen molar-refractivity contribution in [2.24, 2.45) is 0 Å². The molecule has 0 spiro atoms. The second kappa shape index (κ2) is 45.6. The van der Waals surface area contributed by atoms with Gasteiger partial charge in [0, 0.05) is 19.3 Å². The van der Waals surface area contributed by atoms with E-state index in [1.807, 2.05) is 0 Å². The van der Waals surface area contributed by atoms with Gasteiger partial charge in [-0.25, -0.2) is 0 Å². The number of esters is 3. The SMILES string of the molecule is CC/C=C\C/C=C\C/C=C\C/C=C\CCCCCCCCC(=O)OCC(COC(=O)CCCCCCCCCCC)OC(=O)CCCCC/C=C\C=C/CCCC. The van der Waals surface area contributed by atoms with Crippen LogP contribution in [0.3, 0.4) is 0 Å². The molecule has 0 amide bonds. The van der Waals surface area contributed by atoms with Gasteiger partial charge in [-0.3, -0.25) is 14.4 Å². The number of carbonyl (C=O) groups excluding carboxylic acids is 3. The van der Waals surface area contributed by atoms with E-state index in [4.69, 9.17) is 14.2 Å². The molecule has 0 bridgehead atoms. The van der Waals surface area contributed by atoms with E-state index in [1.54, 1.807) is 0 Å². The Kier molecular flexibility index (Phi) is 43.0. The molecule has 0 fully saturated rings. The van der Waals surface area contributed by atoms with Crippen molar-refractivity contribution < 1.29 is 28.6 Å². The third-order valence-corrected chi connectivity index (χ3v) is 9.72. The number of hydrogen-bond acceptors (Lipinski definition) is 6. The van der Waals surface area contributed by atoms with E-state index in [0.717, 1.165) is 109 Å². The van der Waals surface area contributed by atoms with Crippen LogP contribution in [0.15, 0.2) is 72.9 Å². The van der Waals surface area contributed by atoms with Crippen LogP contribution >= 0.6 is 0 Å². The fourth-order valence-electron chi connectivity index (χ4n) is 6.17. The van der Waals surface area contributed by atoms with Crippen LogP contribution in [0.2, 0.25) is 0 Å². The van der Waals surface area contributed by atoms with Gasteiger partial charge in [0.25, 0.3) is 0 Å². The summed E-state index contributed by atoms with van der Waals surface area (Å²) in [5.74, 6) is -0.941. The molecule has 0 aromatic carbocycles. The van der Waals surface area contributed by atoms with Crippen LogP contribution in [-0.4, -0.2) is 37.2 Å². The standard InChI is InChI=1S/C51H86O6/c1-4-7-10-13-16-19-21-22-23-24-25-26-27-28-30-32-35-38-41-44-50(53)56-47-48(46-55-49(52)43-40-37-34-31-18-15-12-9-6-3)57-51(54)45-42-39-36-33-29-20-17-14-11-8-5-2/h7,10,14,16-17,19-20,22-23,25-26,29,48H,4-6,8-9,11-13,15,18,21,24,27-28,30-47H2,1-3H3/b10-7-,17-14-,19-16-,23-22-,26-25-,29-20-. The Morgan fingerprint density at radius 1 is 0.386 bits per heavy atom. The molecule has 6 heteroatoms. The molecule has 0 aromatic rings. The number of rotatable bonds is 41. The van der Waals surface area contributed by atoms with Gasteiger partial charge in [-0.1, -0.05) is 190 Å². The Bertz CT molecular complexity index is 1100. The highest BCUT2D eigenvalue weighted by molar-refractivity contribution is 5.71. The molecule has 0 saturated heterocycles. The number of allylic oxidation sites excluding steroid dienone is 12. The van der Waals surface area contributed by atoms with Gasteiger partial charge in [-0.05, 0) is 77.0 Å². The normalized spacial score (nSPS) is 12.7. The molecular weight excluding hydrogens is 709 g/mol. The van der Waals surface area contributed by atoms with Gasteiger partial charge in [0.2, 0.25) is 0 Å². The molecule has 57 heavy (non-hydrogen) atoms. The smallest absolute Gasteiger partial charge is 0.306 e. The van der Waals surface area contributed by atoms with Crippen LogP contribution in [0.4, 0.5) is 0 Å². The first-order valence-electron chi connectivity index (χ1n) is 23.5. The summed E-state index contributed by atoms with van der Waals surface area (Å²) in [5, 5.41) is 0. The first-order valence-corrected chi connectivity index (χ1v) is 23.5. The minimum absolute atomic E-state index is 0.0905. The molecule has 0 aromatic heterocycles. The van der Waals surface area contributed by atoms with E-state index in [1.165, 1.54) is 64.2 Å². The largest absolute Gasteiger partial charge is 0.462 e. The van der Waals surface area contributed by atoms with Crippen LogP contribution in [0, 0.1) is 0 Å². The quantitative estimate of drug-likeness (QED) is 0.0202. The average Bonchev–Trinajstić information content (AvgIpc) is 3.21. The van der Waals surface area contributed by atoms with E-state index in [-0.39, 0.29) is 31.1 Å². The maximum absolute atomic E-state index is 12.7. The lowest BCUT2D eigenvalue weighted by atomic mass is 10.1. The molecule has 0 heterocycles. The Labute approximate surface area is 351 Å². The van der Waals surface area contributed by atoms with E-state index < -0.39 is 6.10 Å². The summed E-state index contributed by atoms with van der Waals surface area (Å²) in [5.41, 5.74) is 0. The van der Waals surface area contributed by atoms with Crippen molar-refractivity contribution in [1.29, 1.82) is 0 Å². The van der Waals surface area contributed by atoms with Gasteiger partial charge >= 0.3 is 17.9 Å². The Morgan fingerprint density at radius 2 is 0.754 bits per heavy atom. The van der Waals surface area contributed by atoms with E-state index in [0.29, 0.717) is 19.3 Å². The van der Waals surface area contributed by atoms with Crippen molar-refractivity contribution in [1.82, 2.24) is 0 Å². The van der Waals surface area contributed by atoms with Crippen LogP contribution in [-0.2, 0) is 28.6 Å². The molecule has 0 aliphatic heterocycles. The minimum atomic E-state index is -0.791. The van der Waals surface area contributed by atoms with Crippen LogP contribution in [0.25, 0.3) is 0 Å². The predicted molar refractivity (Wildman–Crippen MR) is 242 cm³/mol. The Hall–Kier alpha value is -3.15. The van der Waals surface area contributed by atoms with Crippen molar-refractivity contribution in [3.8, 4) is 0 Å². The Morgan fingerprint density at radius 3 is 1.25 bits per heavy atom. The third kappa shape index (κ3) is 43.8. The highest BCUT2D eigenvalue weighted by Crippen LogP contribution is 2.13. The molecule has 1 unspecified atom stereocenters. The molecule has 0 aliphatic rings. The molecule has 0 radical (unpaired) electrons. The molecule has 0 rings (SSSR count). The van der Waals surface area contributed by atoms with Crippen molar-refractivity contribution >= 4 is 17.9 Å². The van der Waals surface area contributed by atoms with Gasteiger partial charge in [0.1, 0.15) is 13.2 Å². The lowest BCUT2D eigenvalue weighted by molar-refractivity contribution is -0.167. The molecule has 0 saturated carbocycles. The second-order valence-corrected chi connectivity index (χ2v) is 15.3. The molecule has 326 valence electrons. The number of carbonyl (C=O) groups is 3. The fraction of sp³-hybridized carbons (Fsp3) is 0.706. The van der Waals surface area contributed by atoms with Crippen molar-refractivity contribution in [3.63, 3.8) is 0 Å². The Balaban J connectivity index is 4.36. The summed E-state index contributed by atoms with van der Waals surface area (Å²) in [4.78, 5) is 37.7. The maximum atomic E-state index is 12.7. The molecule has 6 nitrogen and oxygen atoms in total. The molecular formula is C51H86O6. The lowest BCUT2D eigenvalue weighted by Crippen LogP contribution is -2.30. The van der Waals surface area contributed by atoms with Gasteiger partial charge in [0.15, 0.2) is 6.10 Å². The lowest BCUT2D eigenvalue weighted by Gasteiger charge is -2.18. The topological polar surface area (TPSA) is 78.9 Å².